The third-order valence-electron chi connectivity index (χ3n) is 4.27. The van der Waals surface area contributed by atoms with Crippen molar-refractivity contribution in [2.75, 3.05) is 0 Å². The highest BCUT2D eigenvalue weighted by atomic mass is 32.2. The average molecular weight is 392 g/mol. The Labute approximate surface area is 164 Å². The molecule has 2 aromatic carbocycles. The molecule has 4 aromatic rings. The molecule has 0 unspecified atom stereocenters. The molecule has 0 aliphatic carbocycles. The fourth-order valence-corrected chi connectivity index (χ4v) is 3.20. The maximum absolute atomic E-state index is 10.4. The lowest BCUT2D eigenvalue weighted by Gasteiger charge is -2.05. The van der Waals surface area contributed by atoms with Crippen molar-refractivity contribution in [2.45, 2.75) is 11.8 Å². The number of hydrogen-bond acceptors (Lipinski definition) is 4. The molecule has 0 radical (unpaired) electrons. The smallest absolute Gasteiger partial charge is 0.169 e. The zero-order valence-electron chi connectivity index (χ0n) is 15.6. The van der Waals surface area contributed by atoms with Gasteiger partial charge in [0, 0.05) is 35.5 Å². The van der Waals surface area contributed by atoms with Gasteiger partial charge in [0.2, 0.25) is 0 Å². The van der Waals surface area contributed by atoms with Gasteiger partial charge in [0.15, 0.2) is 12.4 Å². The minimum atomic E-state index is -4.27. The van der Waals surface area contributed by atoms with Crippen LogP contribution in [0.25, 0.3) is 21.9 Å². The molecule has 2 aromatic heterocycles. The van der Waals surface area contributed by atoms with Crippen molar-refractivity contribution in [1.82, 2.24) is 4.98 Å². The van der Waals surface area contributed by atoms with Crippen LogP contribution in [0.2, 0.25) is 0 Å². The summed E-state index contributed by atoms with van der Waals surface area (Å²) in [4.78, 5) is 4.13. The van der Waals surface area contributed by atoms with E-state index in [2.05, 4.69) is 47.7 Å². The molecule has 0 saturated carbocycles. The Hall–Kier alpha value is -3.09. The van der Waals surface area contributed by atoms with E-state index < -0.39 is 10.1 Å². The largest absolute Gasteiger partial charge is 0.744 e. The van der Waals surface area contributed by atoms with Gasteiger partial charge in [-0.05, 0) is 30.0 Å². The van der Waals surface area contributed by atoms with Crippen LogP contribution in [0, 0.1) is 6.92 Å². The molecule has 142 valence electrons. The Morgan fingerprint density at radius 1 is 0.893 bits per heavy atom. The Balaban J connectivity index is 0.000000178. The van der Waals surface area contributed by atoms with Crippen molar-refractivity contribution >= 4 is 20.9 Å². The summed E-state index contributed by atoms with van der Waals surface area (Å²) in [5.41, 5.74) is 3.31. The van der Waals surface area contributed by atoms with Gasteiger partial charge in [-0.2, -0.15) is 0 Å². The van der Waals surface area contributed by atoms with E-state index in [0.29, 0.717) is 0 Å². The first-order valence-corrected chi connectivity index (χ1v) is 10.1. The minimum absolute atomic E-state index is 0.178. The molecule has 0 spiro atoms. The van der Waals surface area contributed by atoms with Gasteiger partial charge < -0.3 is 4.55 Å². The van der Waals surface area contributed by atoms with Gasteiger partial charge in [0.1, 0.15) is 17.2 Å². The number of nitrogens with zero attached hydrogens (tertiary/aromatic N) is 2. The molecular weight excluding hydrogens is 372 g/mol. The molecule has 28 heavy (non-hydrogen) atoms. The topological polar surface area (TPSA) is 74.0 Å². The average Bonchev–Trinajstić information content (AvgIpc) is 2.68. The third-order valence-corrected chi connectivity index (χ3v) is 5.12. The highest BCUT2D eigenvalue weighted by Crippen LogP contribution is 2.26. The van der Waals surface area contributed by atoms with Crippen molar-refractivity contribution in [2.24, 2.45) is 7.05 Å². The number of fused-ring (bicyclic) bond motifs is 1. The Bertz CT molecular complexity index is 1180. The molecule has 5 nitrogen and oxygen atoms in total. The van der Waals surface area contributed by atoms with E-state index in [1.54, 1.807) is 12.1 Å². The quantitative estimate of drug-likeness (QED) is 0.386. The predicted octanol–water partition coefficient (Wildman–Crippen LogP) is 3.63. The first-order valence-electron chi connectivity index (χ1n) is 8.65. The molecule has 0 fully saturated rings. The number of hydrogen-bond donors (Lipinski definition) is 0. The Kier molecular flexibility index (Phi) is 5.82. The van der Waals surface area contributed by atoms with Crippen molar-refractivity contribution in [3.63, 3.8) is 0 Å². The second-order valence-electron chi connectivity index (χ2n) is 6.43. The van der Waals surface area contributed by atoms with Crippen molar-refractivity contribution in [1.29, 1.82) is 0 Å². The summed E-state index contributed by atoms with van der Waals surface area (Å²) in [5, 5.41) is 2.43. The first-order chi connectivity index (χ1) is 13.3. The van der Waals surface area contributed by atoms with Crippen LogP contribution in [0.1, 0.15) is 5.56 Å². The second-order valence-corrected chi connectivity index (χ2v) is 7.81. The van der Waals surface area contributed by atoms with Gasteiger partial charge in [-0.1, -0.05) is 42.0 Å². The van der Waals surface area contributed by atoms with Crippen LogP contribution in [0.5, 0.6) is 0 Å². The van der Waals surface area contributed by atoms with Crippen molar-refractivity contribution in [3.05, 3.63) is 91.0 Å². The van der Waals surface area contributed by atoms with Crippen LogP contribution in [0.15, 0.2) is 90.3 Å². The number of pyridine rings is 2. The zero-order chi connectivity index (χ0) is 20.1. The maximum atomic E-state index is 10.4. The molecule has 0 amide bonds. The van der Waals surface area contributed by atoms with Crippen LogP contribution in [0.3, 0.4) is 0 Å². The van der Waals surface area contributed by atoms with Crippen LogP contribution < -0.4 is 4.57 Å². The van der Waals surface area contributed by atoms with E-state index in [1.165, 1.54) is 34.0 Å². The predicted molar refractivity (Wildman–Crippen MR) is 107 cm³/mol. The summed E-state index contributed by atoms with van der Waals surface area (Å²) >= 11 is 0. The molecule has 0 N–H and O–H groups in total. The monoisotopic (exact) mass is 392 g/mol. The summed E-state index contributed by atoms with van der Waals surface area (Å²) in [6.45, 7) is 1.82. The molecule has 0 bridgehead atoms. The SMILES string of the molecule is C[n+]1ccc(-c2cncc3ccccc23)cc1.Cc1ccc(S(=O)(=O)[O-])cc1. The summed E-state index contributed by atoms with van der Waals surface area (Å²) in [6, 6.07) is 18.3. The first kappa shape index (κ1) is 19.7. The highest BCUT2D eigenvalue weighted by molar-refractivity contribution is 7.85. The fraction of sp³-hybridized carbons (Fsp3) is 0.0909. The van der Waals surface area contributed by atoms with Gasteiger partial charge in [0.05, 0.1) is 4.90 Å². The summed E-state index contributed by atoms with van der Waals surface area (Å²) < 4.78 is 33.2. The standard InChI is InChI=1S/C15H13N2.C7H8O3S/c1-17-8-6-12(7-9-17)15-11-16-10-13-4-2-3-5-14(13)15;1-6-2-4-7(5-3-6)11(8,9)10/h2-11H,1H3;2-5H,1H3,(H,8,9,10)/q+1;/p-1. The maximum Gasteiger partial charge on any atom is 0.169 e. The molecule has 0 aliphatic heterocycles. The highest BCUT2D eigenvalue weighted by Gasteiger charge is 2.04. The normalized spacial score (nSPS) is 11.0. The zero-order valence-corrected chi connectivity index (χ0v) is 16.4. The Morgan fingerprint density at radius 3 is 2.18 bits per heavy atom. The number of aromatic nitrogens is 2. The molecular formula is C22H20N2O3S. The molecule has 2 heterocycles. The summed E-state index contributed by atoms with van der Waals surface area (Å²) in [6.07, 6.45) is 7.94. The lowest BCUT2D eigenvalue weighted by molar-refractivity contribution is -0.671. The van der Waals surface area contributed by atoms with Crippen LogP contribution in [-0.2, 0) is 17.2 Å². The number of aryl methyl sites for hydroxylation is 2. The van der Waals surface area contributed by atoms with E-state index in [1.807, 2.05) is 37.0 Å². The van der Waals surface area contributed by atoms with E-state index in [9.17, 15) is 13.0 Å². The molecule has 0 aliphatic rings. The van der Waals surface area contributed by atoms with Crippen LogP contribution in [0.4, 0.5) is 0 Å². The van der Waals surface area contributed by atoms with Gasteiger partial charge >= 0.3 is 0 Å². The van der Waals surface area contributed by atoms with E-state index in [0.717, 1.165) is 5.56 Å². The van der Waals surface area contributed by atoms with Gasteiger partial charge in [-0.15, -0.1) is 0 Å². The molecule has 4 rings (SSSR count). The lowest BCUT2D eigenvalue weighted by Crippen LogP contribution is -2.25. The summed E-state index contributed by atoms with van der Waals surface area (Å²) in [7, 11) is -2.25. The van der Waals surface area contributed by atoms with Crippen molar-refractivity contribution < 1.29 is 17.5 Å². The van der Waals surface area contributed by atoms with E-state index >= 15 is 0 Å². The van der Waals surface area contributed by atoms with Gasteiger partial charge in [-0.25, -0.2) is 13.0 Å². The number of benzene rings is 2. The molecule has 6 heteroatoms. The second kappa shape index (κ2) is 8.29. The Morgan fingerprint density at radius 2 is 1.54 bits per heavy atom. The van der Waals surface area contributed by atoms with Crippen LogP contribution >= 0.6 is 0 Å². The number of rotatable bonds is 2. The third kappa shape index (κ3) is 4.79. The van der Waals surface area contributed by atoms with Gasteiger partial charge in [0.25, 0.3) is 0 Å². The fourth-order valence-electron chi connectivity index (χ4n) is 2.73. The molecule has 0 atom stereocenters. The molecule has 0 saturated heterocycles. The van der Waals surface area contributed by atoms with Gasteiger partial charge in [-0.3, -0.25) is 4.98 Å². The summed E-state index contributed by atoms with van der Waals surface area (Å²) in [5.74, 6) is 0. The van der Waals surface area contributed by atoms with E-state index in [-0.39, 0.29) is 4.90 Å². The van der Waals surface area contributed by atoms with E-state index in [4.69, 9.17) is 0 Å². The van der Waals surface area contributed by atoms with Crippen LogP contribution in [-0.4, -0.2) is 18.0 Å². The minimum Gasteiger partial charge on any atom is -0.744 e. The van der Waals surface area contributed by atoms with Crippen molar-refractivity contribution in [3.8, 4) is 11.1 Å². The lowest BCUT2D eigenvalue weighted by atomic mass is 10.0.